The second kappa shape index (κ2) is 6.89. The van der Waals surface area contributed by atoms with E-state index in [2.05, 4.69) is 53.4 Å². The first-order valence-corrected chi connectivity index (χ1v) is 9.71. The quantitative estimate of drug-likeness (QED) is 0.653. The Morgan fingerprint density at radius 2 is 1.61 bits per heavy atom. The maximum Gasteiger partial charge on any atom is 0.235 e. The number of anilines is 1. The van der Waals surface area contributed by atoms with Gasteiger partial charge < -0.3 is 0 Å². The van der Waals surface area contributed by atoms with E-state index < -0.39 is 5.41 Å². The van der Waals surface area contributed by atoms with Gasteiger partial charge in [0.1, 0.15) is 6.33 Å². The summed E-state index contributed by atoms with van der Waals surface area (Å²) >= 11 is 0. The number of hydrogen-bond donors (Lipinski definition) is 0. The molecule has 3 aromatic rings. The number of rotatable bonds is 2. The number of amides is 1. The Morgan fingerprint density at radius 3 is 2.25 bits per heavy atom. The van der Waals surface area contributed by atoms with Gasteiger partial charge in [0, 0.05) is 5.41 Å². The van der Waals surface area contributed by atoms with E-state index in [0.29, 0.717) is 5.95 Å². The molecule has 0 fully saturated rings. The van der Waals surface area contributed by atoms with Crippen LogP contribution in [0.4, 0.5) is 5.95 Å². The first-order valence-electron chi connectivity index (χ1n) is 9.71. The topological polar surface area (TPSA) is 51.0 Å². The van der Waals surface area contributed by atoms with E-state index in [1.54, 1.807) is 6.33 Å². The normalized spacial score (nSPS) is 19.4. The molecule has 5 heteroatoms. The zero-order valence-electron chi connectivity index (χ0n) is 16.8. The Bertz CT molecular complexity index is 970. The van der Waals surface area contributed by atoms with Crippen molar-refractivity contribution in [2.75, 3.05) is 4.90 Å². The maximum atomic E-state index is 13.4. The van der Waals surface area contributed by atoms with Crippen molar-refractivity contribution in [2.24, 2.45) is 5.41 Å². The lowest BCUT2D eigenvalue weighted by atomic mass is 9.88. The molecule has 0 spiro atoms. The van der Waals surface area contributed by atoms with Crippen LogP contribution in [0.15, 0.2) is 60.9 Å². The largest absolute Gasteiger partial charge is 0.274 e. The van der Waals surface area contributed by atoms with Crippen LogP contribution in [0.1, 0.15) is 56.0 Å². The summed E-state index contributed by atoms with van der Waals surface area (Å²) in [5, 5.41) is 4.48. The highest BCUT2D eigenvalue weighted by Crippen LogP contribution is 2.43. The van der Waals surface area contributed by atoms with Gasteiger partial charge in [-0.05, 0) is 24.5 Å². The van der Waals surface area contributed by atoms with Crippen LogP contribution >= 0.6 is 0 Å². The zero-order chi connectivity index (χ0) is 19.9. The van der Waals surface area contributed by atoms with Crippen molar-refractivity contribution in [3.8, 4) is 0 Å². The van der Waals surface area contributed by atoms with Gasteiger partial charge in [0.05, 0.1) is 12.1 Å². The number of carbonyl (C=O) groups excluding carboxylic acids is 1. The maximum absolute atomic E-state index is 13.4. The average Bonchev–Trinajstić information content (AvgIpc) is 3.16. The van der Waals surface area contributed by atoms with Crippen molar-refractivity contribution in [2.45, 2.75) is 46.2 Å². The molecule has 1 aliphatic heterocycles. The van der Waals surface area contributed by atoms with E-state index in [4.69, 9.17) is 0 Å². The van der Waals surface area contributed by atoms with E-state index in [1.165, 1.54) is 11.1 Å². The fourth-order valence-electron chi connectivity index (χ4n) is 3.81. The summed E-state index contributed by atoms with van der Waals surface area (Å²) in [6.45, 7) is 7.93. The third-order valence-corrected chi connectivity index (χ3v) is 5.33. The number of aryl methyl sites for hydroxylation is 1. The van der Waals surface area contributed by atoms with Gasteiger partial charge in [-0.3, -0.25) is 9.69 Å². The van der Waals surface area contributed by atoms with Crippen LogP contribution in [0, 0.1) is 12.3 Å². The first-order chi connectivity index (χ1) is 13.4. The molecule has 0 saturated carbocycles. The fourth-order valence-corrected chi connectivity index (χ4v) is 3.81. The highest BCUT2D eigenvalue weighted by Gasteiger charge is 2.42. The lowest BCUT2D eigenvalue weighted by Gasteiger charge is -2.41. The molecule has 0 N–H and O–H groups in total. The monoisotopic (exact) mass is 374 g/mol. The summed E-state index contributed by atoms with van der Waals surface area (Å²) in [6, 6.07) is 18.7. The smallest absolute Gasteiger partial charge is 0.235 e. The van der Waals surface area contributed by atoms with E-state index >= 15 is 0 Å². The molecule has 2 atom stereocenters. The second-order valence-electron chi connectivity index (χ2n) is 8.52. The van der Waals surface area contributed by atoms with Crippen molar-refractivity contribution >= 4 is 11.9 Å². The standard InChI is InChI=1S/C23H26N4O/c1-16-10-12-18(13-11-16)19-14-20(17-8-6-5-7-9-17)27-22(24-15-25-27)26(19)21(28)23(2,3)4/h5-13,15,19-20H,14H2,1-4H3/t19-,20-/m1/s1. The van der Waals surface area contributed by atoms with Gasteiger partial charge >= 0.3 is 0 Å². The van der Waals surface area contributed by atoms with Crippen molar-refractivity contribution in [1.82, 2.24) is 14.8 Å². The van der Waals surface area contributed by atoms with Crippen molar-refractivity contribution in [1.29, 1.82) is 0 Å². The van der Waals surface area contributed by atoms with Crippen LogP contribution in [0.3, 0.4) is 0 Å². The van der Waals surface area contributed by atoms with Crippen LogP contribution in [-0.4, -0.2) is 20.7 Å². The van der Waals surface area contributed by atoms with Crippen molar-refractivity contribution in [3.63, 3.8) is 0 Å². The summed E-state index contributed by atoms with van der Waals surface area (Å²) in [5.41, 5.74) is 2.99. The van der Waals surface area contributed by atoms with Gasteiger partial charge in [0.15, 0.2) is 0 Å². The molecule has 1 aromatic heterocycles. The summed E-state index contributed by atoms with van der Waals surface area (Å²) < 4.78 is 1.89. The number of nitrogens with zero attached hydrogens (tertiary/aromatic N) is 4. The Labute approximate surface area is 166 Å². The molecule has 144 valence electrons. The molecule has 1 aliphatic rings. The van der Waals surface area contributed by atoms with Crippen LogP contribution in [0.25, 0.3) is 0 Å². The van der Waals surface area contributed by atoms with Gasteiger partial charge in [0.25, 0.3) is 0 Å². The molecule has 0 saturated heterocycles. The van der Waals surface area contributed by atoms with Crippen molar-refractivity contribution in [3.05, 3.63) is 77.6 Å². The van der Waals surface area contributed by atoms with E-state index in [-0.39, 0.29) is 18.0 Å². The van der Waals surface area contributed by atoms with Crippen LogP contribution in [0.2, 0.25) is 0 Å². The molecule has 0 radical (unpaired) electrons. The summed E-state index contributed by atoms with van der Waals surface area (Å²) in [6.07, 6.45) is 2.30. The second-order valence-corrected chi connectivity index (χ2v) is 8.52. The highest BCUT2D eigenvalue weighted by atomic mass is 16.2. The van der Waals surface area contributed by atoms with Crippen LogP contribution in [0.5, 0.6) is 0 Å². The van der Waals surface area contributed by atoms with Crippen molar-refractivity contribution < 1.29 is 4.79 Å². The van der Waals surface area contributed by atoms with E-state index in [1.807, 2.05) is 48.6 Å². The molecule has 0 bridgehead atoms. The molecular weight excluding hydrogens is 348 g/mol. The number of aromatic nitrogens is 3. The molecule has 2 aromatic carbocycles. The molecule has 0 unspecified atom stereocenters. The number of benzene rings is 2. The third kappa shape index (κ3) is 3.21. The SMILES string of the molecule is Cc1ccc([C@H]2C[C@H](c3ccccc3)n3ncnc3N2C(=O)C(C)(C)C)cc1. The highest BCUT2D eigenvalue weighted by molar-refractivity contribution is 5.96. The lowest BCUT2D eigenvalue weighted by Crippen LogP contribution is -2.47. The molecule has 1 amide bonds. The Morgan fingerprint density at radius 1 is 0.964 bits per heavy atom. The first kappa shape index (κ1) is 18.4. The van der Waals surface area contributed by atoms with Gasteiger partial charge in [0.2, 0.25) is 11.9 Å². The molecule has 4 rings (SSSR count). The number of hydrogen-bond acceptors (Lipinski definition) is 3. The third-order valence-electron chi connectivity index (χ3n) is 5.33. The summed E-state index contributed by atoms with van der Waals surface area (Å²) in [5.74, 6) is 0.671. The minimum Gasteiger partial charge on any atom is -0.274 e. The average molecular weight is 374 g/mol. The molecular formula is C23H26N4O. The van der Waals surface area contributed by atoms with Crippen LogP contribution < -0.4 is 4.90 Å². The Kier molecular flexibility index (Phi) is 4.53. The lowest BCUT2D eigenvalue weighted by molar-refractivity contribution is -0.126. The summed E-state index contributed by atoms with van der Waals surface area (Å²) in [7, 11) is 0. The molecule has 0 aliphatic carbocycles. The van der Waals surface area contributed by atoms with Crippen LogP contribution in [-0.2, 0) is 4.79 Å². The van der Waals surface area contributed by atoms with Gasteiger partial charge in [-0.1, -0.05) is 80.9 Å². The number of carbonyl (C=O) groups is 1. The predicted octanol–water partition coefficient (Wildman–Crippen LogP) is 4.70. The fraction of sp³-hybridized carbons (Fsp3) is 0.348. The van der Waals surface area contributed by atoms with E-state index in [9.17, 15) is 4.79 Å². The Balaban J connectivity index is 1.86. The number of fused-ring (bicyclic) bond motifs is 1. The van der Waals surface area contributed by atoms with E-state index in [0.717, 1.165) is 12.0 Å². The Hall–Kier alpha value is -2.95. The molecule has 28 heavy (non-hydrogen) atoms. The summed E-state index contributed by atoms with van der Waals surface area (Å²) in [4.78, 5) is 19.8. The molecule has 5 nitrogen and oxygen atoms in total. The van der Waals surface area contributed by atoms with Gasteiger partial charge in [-0.25, -0.2) is 4.68 Å². The zero-order valence-corrected chi connectivity index (χ0v) is 16.8. The minimum atomic E-state index is -0.515. The minimum absolute atomic E-state index is 0.0361. The predicted molar refractivity (Wildman–Crippen MR) is 110 cm³/mol. The van der Waals surface area contributed by atoms with Gasteiger partial charge in [-0.15, -0.1) is 0 Å². The van der Waals surface area contributed by atoms with Gasteiger partial charge in [-0.2, -0.15) is 10.1 Å². The molecule has 2 heterocycles.